The fourth-order valence-electron chi connectivity index (χ4n) is 2.62. The Balaban J connectivity index is 1.65. The van der Waals surface area contributed by atoms with Crippen molar-refractivity contribution in [1.29, 1.82) is 0 Å². The molecule has 86 valence electrons. The first kappa shape index (κ1) is 10.6. The molecule has 0 radical (unpaired) electrons. The molecule has 0 spiro atoms. The van der Waals surface area contributed by atoms with Gasteiger partial charge in [0.05, 0.1) is 9.21 Å². The summed E-state index contributed by atoms with van der Waals surface area (Å²) in [5, 5.41) is 3.11. The van der Waals surface area contributed by atoms with E-state index in [0.717, 1.165) is 13.1 Å². The standard InChI is InChI=1S/C11H13ClN2OS/c12-10-2-1-9(16-10)11(15)13-8-6-14-4-3-7(8)5-14/h1-2,7-8H,3-6H2,(H,13,15)/t7-,8-/m0/s1. The third kappa shape index (κ3) is 1.85. The summed E-state index contributed by atoms with van der Waals surface area (Å²) >= 11 is 7.15. The molecule has 16 heavy (non-hydrogen) atoms. The molecular weight excluding hydrogens is 244 g/mol. The van der Waals surface area contributed by atoms with Crippen LogP contribution in [0.4, 0.5) is 0 Å². The normalized spacial score (nSPS) is 31.9. The number of rotatable bonds is 2. The summed E-state index contributed by atoms with van der Waals surface area (Å²) < 4.78 is 0.668. The van der Waals surface area contributed by atoms with Gasteiger partial charge in [-0.05, 0) is 31.0 Å². The Kier molecular flexibility index (Phi) is 2.65. The first-order chi connectivity index (χ1) is 7.72. The lowest BCUT2D eigenvalue weighted by Gasteiger charge is -2.22. The van der Waals surface area contributed by atoms with Crippen molar-refractivity contribution in [2.45, 2.75) is 12.5 Å². The molecule has 1 amide bonds. The van der Waals surface area contributed by atoms with Crippen LogP contribution in [-0.2, 0) is 0 Å². The van der Waals surface area contributed by atoms with E-state index in [1.807, 2.05) is 0 Å². The molecule has 3 rings (SSSR count). The number of fused-ring (bicyclic) bond motifs is 2. The number of thiophene rings is 1. The van der Waals surface area contributed by atoms with Crippen LogP contribution in [0.3, 0.4) is 0 Å². The van der Waals surface area contributed by atoms with E-state index in [2.05, 4.69) is 10.2 Å². The molecule has 2 fully saturated rings. The van der Waals surface area contributed by atoms with Gasteiger partial charge in [0.2, 0.25) is 0 Å². The molecule has 1 aromatic heterocycles. The molecular formula is C11H13ClN2OS. The van der Waals surface area contributed by atoms with E-state index in [0.29, 0.717) is 21.2 Å². The van der Waals surface area contributed by atoms with Crippen molar-refractivity contribution in [2.75, 3.05) is 19.6 Å². The van der Waals surface area contributed by atoms with Crippen LogP contribution in [0.1, 0.15) is 16.1 Å². The highest BCUT2D eigenvalue weighted by Gasteiger charge is 2.38. The molecule has 0 aromatic carbocycles. The molecule has 3 nitrogen and oxygen atoms in total. The van der Waals surface area contributed by atoms with Crippen LogP contribution in [-0.4, -0.2) is 36.5 Å². The van der Waals surface area contributed by atoms with Crippen LogP contribution in [0.2, 0.25) is 4.34 Å². The van der Waals surface area contributed by atoms with E-state index < -0.39 is 0 Å². The van der Waals surface area contributed by atoms with Crippen LogP contribution < -0.4 is 5.32 Å². The topological polar surface area (TPSA) is 32.3 Å². The predicted molar refractivity (Wildman–Crippen MR) is 65.1 cm³/mol. The maximum Gasteiger partial charge on any atom is 0.261 e. The van der Waals surface area contributed by atoms with E-state index in [1.54, 1.807) is 12.1 Å². The molecule has 1 unspecified atom stereocenters. The molecule has 1 N–H and O–H groups in total. The molecule has 5 heteroatoms. The van der Waals surface area contributed by atoms with Gasteiger partial charge in [-0.2, -0.15) is 0 Å². The Morgan fingerprint density at radius 2 is 2.38 bits per heavy atom. The highest BCUT2D eigenvalue weighted by atomic mass is 35.5. The van der Waals surface area contributed by atoms with E-state index in [-0.39, 0.29) is 5.91 Å². The Morgan fingerprint density at radius 1 is 1.50 bits per heavy atom. The molecule has 0 aliphatic carbocycles. The zero-order chi connectivity index (χ0) is 11.1. The monoisotopic (exact) mass is 256 g/mol. The fraction of sp³-hybridized carbons (Fsp3) is 0.545. The van der Waals surface area contributed by atoms with E-state index in [9.17, 15) is 4.79 Å². The van der Waals surface area contributed by atoms with Crippen molar-refractivity contribution < 1.29 is 4.79 Å². The third-order valence-corrected chi connectivity index (χ3v) is 4.68. The minimum atomic E-state index is 0.0237. The summed E-state index contributed by atoms with van der Waals surface area (Å²) in [5.41, 5.74) is 0. The number of nitrogens with zero attached hydrogens (tertiary/aromatic N) is 1. The van der Waals surface area contributed by atoms with Crippen LogP contribution in [0.15, 0.2) is 12.1 Å². The predicted octanol–water partition coefficient (Wildman–Crippen LogP) is 1.84. The molecule has 0 saturated carbocycles. The highest BCUT2D eigenvalue weighted by molar-refractivity contribution is 7.17. The van der Waals surface area contributed by atoms with Crippen molar-refractivity contribution in [3.8, 4) is 0 Å². The van der Waals surface area contributed by atoms with Gasteiger partial charge < -0.3 is 10.2 Å². The summed E-state index contributed by atoms with van der Waals surface area (Å²) in [7, 11) is 0. The molecule has 2 bridgehead atoms. The Morgan fingerprint density at radius 3 is 2.94 bits per heavy atom. The minimum Gasteiger partial charge on any atom is -0.347 e. The molecule has 3 atom stereocenters. The SMILES string of the molecule is O=C(N[C@H]1CN2CC[C@H]1C2)c1ccc(Cl)s1. The number of piperidine rings is 1. The molecule has 2 aliphatic heterocycles. The van der Waals surface area contributed by atoms with Crippen LogP contribution >= 0.6 is 22.9 Å². The van der Waals surface area contributed by atoms with Crippen LogP contribution in [0, 0.1) is 5.92 Å². The van der Waals surface area contributed by atoms with Gasteiger partial charge >= 0.3 is 0 Å². The van der Waals surface area contributed by atoms with E-state index in [1.165, 1.54) is 24.3 Å². The van der Waals surface area contributed by atoms with Gasteiger partial charge in [0, 0.05) is 19.1 Å². The third-order valence-electron chi connectivity index (χ3n) is 3.45. The summed E-state index contributed by atoms with van der Waals surface area (Å²) in [6.07, 6.45) is 1.22. The molecule has 1 aromatic rings. The molecule has 2 aliphatic rings. The van der Waals surface area contributed by atoms with Gasteiger partial charge in [-0.1, -0.05) is 11.6 Å². The zero-order valence-electron chi connectivity index (χ0n) is 8.78. The summed E-state index contributed by atoms with van der Waals surface area (Å²) in [5.74, 6) is 0.676. The summed E-state index contributed by atoms with van der Waals surface area (Å²) in [6.45, 7) is 3.35. The molecule has 3 heterocycles. The van der Waals surface area contributed by atoms with Gasteiger partial charge in [0.25, 0.3) is 5.91 Å². The van der Waals surface area contributed by atoms with E-state index in [4.69, 9.17) is 11.6 Å². The van der Waals surface area contributed by atoms with Gasteiger partial charge in [0.15, 0.2) is 0 Å². The van der Waals surface area contributed by atoms with Crippen LogP contribution in [0.25, 0.3) is 0 Å². The highest BCUT2D eigenvalue weighted by Crippen LogP contribution is 2.28. The van der Waals surface area contributed by atoms with Gasteiger partial charge in [-0.25, -0.2) is 0 Å². The largest absolute Gasteiger partial charge is 0.347 e. The van der Waals surface area contributed by atoms with Crippen molar-refractivity contribution >= 4 is 28.8 Å². The average molecular weight is 257 g/mol. The average Bonchev–Trinajstić information content (AvgIpc) is 2.92. The van der Waals surface area contributed by atoms with Gasteiger partial charge in [-0.15, -0.1) is 11.3 Å². The number of carbonyl (C=O) groups excluding carboxylic acids is 1. The number of halogens is 1. The first-order valence-electron chi connectivity index (χ1n) is 5.51. The maximum absolute atomic E-state index is 11.9. The number of carbonyl (C=O) groups is 1. The lowest BCUT2D eigenvalue weighted by atomic mass is 10.00. The van der Waals surface area contributed by atoms with Crippen molar-refractivity contribution in [3.05, 3.63) is 21.3 Å². The van der Waals surface area contributed by atoms with E-state index >= 15 is 0 Å². The first-order valence-corrected chi connectivity index (χ1v) is 6.70. The van der Waals surface area contributed by atoms with Gasteiger partial charge in [0.1, 0.15) is 0 Å². The number of hydrogen-bond acceptors (Lipinski definition) is 3. The Labute approximate surface area is 103 Å². The number of nitrogens with one attached hydrogen (secondary N) is 1. The second-order valence-corrected chi connectivity index (χ2v) is 6.21. The second-order valence-electron chi connectivity index (χ2n) is 4.49. The van der Waals surface area contributed by atoms with Gasteiger partial charge in [-0.3, -0.25) is 4.79 Å². The fourth-order valence-corrected chi connectivity index (χ4v) is 3.57. The lowest BCUT2D eigenvalue weighted by Crippen LogP contribution is -2.42. The quantitative estimate of drug-likeness (QED) is 0.876. The maximum atomic E-state index is 11.9. The number of hydrogen-bond donors (Lipinski definition) is 1. The second kappa shape index (κ2) is 4.02. The van der Waals surface area contributed by atoms with Crippen molar-refractivity contribution in [2.24, 2.45) is 5.92 Å². The zero-order valence-corrected chi connectivity index (χ0v) is 10.4. The number of amides is 1. The lowest BCUT2D eigenvalue weighted by molar-refractivity contribution is 0.0928. The smallest absolute Gasteiger partial charge is 0.261 e. The Bertz CT molecular complexity index is 420. The molecule has 2 saturated heterocycles. The summed E-state index contributed by atoms with van der Waals surface area (Å²) in [6, 6.07) is 3.89. The Hall–Kier alpha value is -0.580. The summed E-state index contributed by atoms with van der Waals surface area (Å²) in [4.78, 5) is 15.0. The van der Waals surface area contributed by atoms with Crippen molar-refractivity contribution in [3.63, 3.8) is 0 Å². The van der Waals surface area contributed by atoms with Crippen molar-refractivity contribution in [1.82, 2.24) is 10.2 Å². The van der Waals surface area contributed by atoms with Crippen LogP contribution in [0.5, 0.6) is 0 Å². The minimum absolute atomic E-state index is 0.0237.